The van der Waals surface area contributed by atoms with Gasteiger partial charge in [-0.15, -0.1) is 0 Å². The van der Waals surface area contributed by atoms with Crippen LogP contribution < -0.4 is 5.32 Å². The second-order valence-electron chi connectivity index (χ2n) is 4.58. The number of ether oxygens (including phenoxy) is 1. The number of amides is 1. The van der Waals surface area contributed by atoms with Gasteiger partial charge in [-0.2, -0.15) is 5.26 Å². The Balaban J connectivity index is 1.81. The summed E-state index contributed by atoms with van der Waals surface area (Å²) in [6.07, 6.45) is -0.126. The van der Waals surface area contributed by atoms with Gasteiger partial charge in [0.05, 0.1) is 6.07 Å². The van der Waals surface area contributed by atoms with Gasteiger partial charge in [-0.25, -0.2) is 4.79 Å². The Labute approximate surface area is 124 Å². The highest BCUT2D eigenvalue weighted by Gasteiger charge is 2.13. The van der Waals surface area contributed by atoms with Crippen LogP contribution in [0.15, 0.2) is 60.7 Å². The van der Waals surface area contributed by atoms with Crippen LogP contribution in [0.25, 0.3) is 0 Å². The van der Waals surface area contributed by atoms with E-state index in [0.717, 1.165) is 11.1 Å². The molecule has 4 nitrogen and oxygen atoms in total. The number of carbonyl (C=O) groups is 1. The van der Waals surface area contributed by atoms with Gasteiger partial charge >= 0.3 is 6.09 Å². The van der Waals surface area contributed by atoms with Crippen molar-refractivity contribution >= 4 is 6.09 Å². The lowest BCUT2D eigenvalue weighted by molar-refractivity contribution is 0.137. The number of alkyl carbamates (subject to hydrolysis) is 1. The van der Waals surface area contributed by atoms with Crippen molar-refractivity contribution < 1.29 is 9.53 Å². The predicted molar refractivity (Wildman–Crippen MR) is 79.3 cm³/mol. The molecule has 0 saturated heterocycles. The average Bonchev–Trinajstić information content (AvgIpc) is 2.54. The maximum Gasteiger partial charge on any atom is 0.408 e. The van der Waals surface area contributed by atoms with Crippen molar-refractivity contribution in [3.63, 3.8) is 0 Å². The van der Waals surface area contributed by atoms with Gasteiger partial charge in [0, 0.05) is 6.42 Å². The van der Waals surface area contributed by atoms with Crippen LogP contribution in [0.2, 0.25) is 0 Å². The molecule has 0 unspecified atom stereocenters. The highest BCUT2D eigenvalue weighted by molar-refractivity contribution is 5.68. The Bertz CT molecular complexity index is 606. The van der Waals surface area contributed by atoms with Crippen molar-refractivity contribution in [2.75, 3.05) is 0 Å². The molecular formula is C17H16N2O2. The van der Waals surface area contributed by atoms with E-state index >= 15 is 0 Å². The fraction of sp³-hybridized carbons (Fsp3) is 0.176. The van der Waals surface area contributed by atoms with E-state index in [1.54, 1.807) is 0 Å². The monoisotopic (exact) mass is 280 g/mol. The van der Waals surface area contributed by atoms with Gasteiger partial charge in [0.2, 0.25) is 0 Å². The summed E-state index contributed by atoms with van der Waals surface area (Å²) in [6, 6.07) is 20.4. The van der Waals surface area contributed by atoms with Crippen LogP contribution in [-0.2, 0) is 17.8 Å². The number of benzene rings is 2. The van der Waals surface area contributed by atoms with Gasteiger partial charge in [0.1, 0.15) is 12.6 Å². The average molecular weight is 280 g/mol. The maximum absolute atomic E-state index is 11.7. The Hall–Kier alpha value is -2.80. The molecule has 0 aliphatic rings. The minimum Gasteiger partial charge on any atom is -0.445 e. The van der Waals surface area contributed by atoms with E-state index in [1.807, 2.05) is 60.7 Å². The van der Waals surface area contributed by atoms with Gasteiger partial charge in [-0.05, 0) is 11.1 Å². The zero-order chi connectivity index (χ0) is 14.9. The zero-order valence-electron chi connectivity index (χ0n) is 11.5. The lowest BCUT2D eigenvalue weighted by atomic mass is 10.1. The van der Waals surface area contributed by atoms with Crippen molar-refractivity contribution in [2.24, 2.45) is 0 Å². The van der Waals surface area contributed by atoms with Crippen LogP contribution in [0.1, 0.15) is 11.1 Å². The number of nitrogens with one attached hydrogen (secondary N) is 1. The van der Waals surface area contributed by atoms with Crippen LogP contribution in [0.4, 0.5) is 4.79 Å². The lowest BCUT2D eigenvalue weighted by Gasteiger charge is -2.12. The molecule has 1 N–H and O–H groups in total. The normalized spacial score (nSPS) is 11.2. The molecule has 0 fully saturated rings. The molecule has 0 aliphatic carbocycles. The minimum atomic E-state index is -0.601. The number of nitriles is 1. The van der Waals surface area contributed by atoms with E-state index in [9.17, 15) is 4.79 Å². The zero-order valence-corrected chi connectivity index (χ0v) is 11.5. The first-order valence-electron chi connectivity index (χ1n) is 6.68. The highest BCUT2D eigenvalue weighted by atomic mass is 16.5. The largest absolute Gasteiger partial charge is 0.445 e. The third-order valence-corrected chi connectivity index (χ3v) is 2.94. The number of nitrogens with zero attached hydrogens (tertiary/aromatic N) is 1. The molecular weight excluding hydrogens is 264 g/mol. The number of hydrogen-bond donors (Lipinski definition) is 1. The Kier molecular flexibility index (Phi) is 5.36. The molecule has 0 heterocycles. The molecule has 4 heteroatoms. The van der Waals surface area contributed by atoms with Crippen molar-refractivity contribution in [3.8, 4) is 6.07 Å². The molecule has 2 aromatic rings. The van der Waals surface area contributed by atoms with E-state index < -0.39 is 12.1 Å². The van der Waals surface area contributed by atoms with Gasteiger partial charge in [-0.3, -0.25) is 0 Å². The van der Waals surface area contributed by atoms with Crippen molar-refractivity contribution in [2.45, 2.75) is 19.1 Å². The molecule has 2 aromatic carbocycles. The summed E-state index contributed by atoms with van der Waals surface area (Å²) in [6.45, 7) is 0.191. The number of rotatable bonds is 5. The fourth-order valence-electron chi connectivity index (χ4n) is 1.89. The molecule has 0 radical (unpaired) electrons. The van der Waals surface area contributed by atoms with Crippen LogP contribution in [0.5, 0.6) is 0 Å². The summed E-state index contributed by atoms with van der Waals surface area (Å²) in [5.74, 6) is 0. The summed E-state index contributed by atoms with van der Waals surface area (Å²) in [5.41, 5.74) is 1.90. The molecule has 2 rings (SSSR count). The Morgan fingerprint density at radius 3 is 2.19 bits per heavy atom. The topological polar surface area (TPSA) is 62.1 Å². The van der Waals surface area contributed by atoms with Crippen molar-refractivity contribution in [1.29, 1.82) is 5.26 Å². The highest BCUT2D eigenvalue weighted by Crippen LogP contribution is 2.04. The van der Waals surface area contributed by atoms with E-state index in [2.05, 4.69) is 11.4 Å². The van der Waals surface area contributed by atoms with Gasteiger partial charge < -0.3 is 10.1 Å². The summed E-state index contributed by atoms with van der Waals surface area (Å²) >= 11 is 0. The molecule has 1 atom stereocenters. The van der Waals surface area contributed by atoms with E-state index in [1.165, 1.54) is 0 Å². The first-order chi connectivity index (χ1) is 10.3. The first kappa shape index (κ1) is 14.6. The van der Waals surface area contributed by atoms with Crippen molar-refractivity contribution in [1.82, 2.24) is 5.32 Å². The summed E-state index contributed by atoms with van der Waals surface area (Å²) in [5, 5.41) is 11.7. The van der Waals surface area contributed by atoms with Gasteiger partial charge in [0.25, 0.3) is 0 Å². The number of carbonyl (C=O) groups excluding carboxylic acids is 1. The van der Waals surface area contributed by atoms with Crippen LogP contribution in [0.3, 0.4) is 0 Å². The molecule has 0 bridgehead atoms. The van der Waals surface area contributed by atoms with Gasteiger partial charge in [-0.1, -0.05) is 60.7 Å². The second-order valence-corrected chi connectivity index (χ2v) is 4.58. The van der Waals surface area contributed by atoms with Crippen LogP contribution in [0, 0.1) is 11.3 Å². The maximum atomic E-state index is 11.7. The predicted octanol–water partition coefficient (Wildman–Crippen LogP) is 3.05. The molecule has 21 heavy (non-hydrogen) atoms. The van der Waals surface area contributed by atoms with Crippen LogP contribution >= 0.6 is 0 Å². The fourth-order valence-corrected chi connectivity index (χ4v) is 1.89. The SMILES string of the molecule is N#C[C@H](Cc1ccccc1)NC(=O)OCc1ccccc1. The summed E-state index contributed by atoms with van der Waals surface area (Å²) in [7, 11) is 0. The lowest BCUT2D eigenvalue weighted by Crippen LogP contribution is -2.35. The molecule has 106 valence electrons. The first-order valence-corrected chi connectivity index (χ1v) is 6.68. The third-order valence-electron chi connectivity index (χ3n) is 2.94. The van der Waals surface area contributed by atoms with E-state index in [-0.39, 0.29) is 6.61 Å². The molecule has 0 saturated carbocycles. The third kappa shape index (κ3) is 5.00. The van der Waals surface area contributed by atoms with Crippen LogP contribution in [-0.4, -0.2) is 12.1 Å². The smallest absolute Gasteiger partial charge is 0.408 e. The summed E-state index contributed by atoms with van der Waals surface area (Å²) < 4.78 is 5.10. The molecule has 1 amide bonds. The Morgan fingerprint density at radius 1 is 1.05 bits per heavy atom. The van der Waals surface area contributed by atoms with Gasteiger partial charge in [0.15, 0.2) is 0 Å². The number of hydrogen-bond acceptors (Lipinski definition) is 3. The summed E-state index contributed by atoms with van der Waals surface area (Å²) in [4.78, 5) is 11.7. The standard InChI is InChI=1S/C17H16N2O2/c18-12-16(11-14-7-3-1-4-8-14)19-17(20)21-13-15-9-5-2-6-10-15/h1-10,16H,11,13H2,(H,19,20)/t16-/m0/s1. The molecule has 0 spiro atoms. The van der Waals surface area contributed by atoms with Crippen molar-refractivity contribution in [3.05, 3.63) is 71.8 Å². The molecule has 0 aliphatic heterocycles. The van der Waals surface area contributed by atoms with E-state index in [0.29, 0.717) is 6.42 Å². The quantitative estimate of drug-likeness (QED) is 0.915. The van der Waals surface area contributed by atoms with E-state index in [4.69, 9.17) is 10.00 Å². The second kappa shape index (κ2) is 7.71. The Morgan fingerprint density at radius 2 is 1.62 bits per heavy atom. The molecule has 0 aromatic heterocycles. The minimum absolute atomic E-state index is 0.191.